The number of rotatable bonds is 3. The summed E-state index contributed by atoms with van der Waals surface area (Å²) in [5, 5.41) is 9.71. The van der Waals surface area contributed by atoms with Crippen molar-refractivity contribution in [3.63, 3.8) is 0 Å². The molecule has 1 aromatic rings. The highest BCUT2D eigenvalue weighted by molar-refractivity contribution is 9.10. The molecule has 2 fully saturated rings. The van der Waals surface area contributed by atoms with E-state index in [1.54, 1.807) is 0 Å². The SMILES string of the molecule is O=C(O)C1(c2ccc(C3CCSCC3)c(Br)c2)CCCC1. The minimum absolute atomic E-state index is 0.624. The lowest BCUT2D eigenvalue weighted by molar-refractivity contribution is -0.143. The van der Waals surface area contributed by atoms with E-state index >= 15 is 0 Å². The van der Waals surface area contributed by atoms with E-state index in [4.69, 9.17) is 0 Å². The molecule has 21 heavy (non-hydrogen) atoms. The molecular formula is C17H21BrO2S. The molecule has 0 bridgehead atoms. The molecule has 0 radical (unpaired) electrons. The predicted octanol–water partition coefficient (Wildman–Crippen LogP) is 4.96. The second kappa shape index (κ2) is 6.33. The first kappa shape index (κ1) is 15.4. The fraction of sp³-hybridized carbons (Fsp3) is 0.588. The van der Waals surface area contributed by atoms with Crippen LogP contribution >= 0.6 is 27.7 Å². The fourth-order valence-corrected chi connectivity index (χ4v) is 5.58. The molecule has 0 atom stereocenters. The molecule has 1 aliphatic carbocycles. The summed E-state index contributed by atoms with van der Waals surface area (Å²) in [6, 6.07) is 6.32. The van der Waals surface area contributed by atoms with Crippen molar-refractivity contribution < 1.29 is 9.90 Å². The van der Waals surface area contributed by atoms with Gasteiger partial charge in [-0.1, -0.05) is 40.9 Å². The molecule has 1 saturated heterocycles. The first-order valence-electron chi connectivity index (χ1n) is 7.74. The lowest BCUT2D eigenvalue weighted by Gasteiger charge is -2.27. The van der Waals surface area contributed by atoms with Crippen LogP contribution in [0.4, 0.5) is 0 Å². The molecule has 1 aliphatic heterocycles. The molecule has 2 aliphatic rings. The van der Waals surface area contributed by atoms with Crippen LogP contribution in [0.15, 0.2) is 22.7 Å². The Morgan fingerprint density at radius 1 is 1.24 bits per heavy atom. The van der Waals surface area contributed by atoms with Crippen LogP contribution in [0.3, 0.4) is 0 Å². The van der Waals surface area contributed by atoms with Gasteiger partial charge < -0.3 is 5.11 Å². The van der Waals surface area contributed by atoms with Gasteiger partial charge in [-0.2, -0.15) is 11.8 Å². The highest BCUT2D eigenvalue weighted by Crippen LogP contribution is 2.44. The summed E-state index contributed by atoms with van der Waals surface area (Å²) in [6.07, 6.45) is 6.04. The Morgan fingerprint density at radius 2 is 1.90 bits per heavy atom. The van der Waals surface area contributed by atoms with E-state index in [2.05, 4.69) is 34.1 Å². The van der Waals surface area contributed by atoms with Gasteiger partial charge >= 0.3 is 5.97 Å². The molecule has 2 nitrogen and oxygen atoms in total. The molecule has 0 spiro atoms. The van der Waals surface area contributed by atoms with Crippen LogP contribution in [-0.2, 0) is 10.2 Å². The van der Waals surface area contributed by atoms with Crippen LogP contribution < -0.4 is 0 Å². The monoisotopic (exact) mass is 368 g/mol. The topological polar surface area (TPSA) is 37.3 Å². The summed E-state index contributed by atoms with van der Waals surface area (Å²) < 4.78 is 1.10. The molecule has 114 valence electrons. The molecule has 0 unspecified atom stereocenters. The van der Waals surface area contributed by atoms with E-state index in [1.807, 2.05) is 11.8 Å². The van der Waals surface area contributed by atoms with E-state index in [1.165, 1.54) is 29.9 Å². The van der Waals surface area contributed by atoms with E-state index < -0.39 is 11.4 Å². The van der Waals surface area contributed by atoms with Gasteiger partial charge in [0.1, 0.15) is 0 Å². The summed E-state index contributed by atoms with van der Waals surface area (Å²) in [4.78, 5) is 11.8. The van der Waals surface area contributed by atoms with Crippen molar-refractivity contribution in [3.8, 4) is 0 Å². The third kappa shape index (κ3) is 2.89. The van der Waals surface area contributed by atoms with Crippen LogP contribution in [0.2, 0.25) is 0 Å². The van der Waals surface area contributed by atoms with Crippen molar-refractivity contribution in [2.75, 3.05) is 11.5 Å². The molecule has 4 heteroatoms. The zero-order valence-corrected chi connectivity index (χ0v) is 14.5. The highest BCUT2D eigenvalue weighted by Gasteiger charge is 2.43. The number of benzene rings is 1. The van der Waals surface area contributed by atoms with E-state index in [0.717, 1.165) is 35.7 Å². The first-order chi connectivity index (χ1) is 10.1. The second-order valence-corrected chi connectivity index (χ2v) is 8.30. The number of thioether (sulfide) groups is 1. The summed E-state index contributed by atoms with van der Waals surface area (Å²) in [7, 11) is 0. The van der Waals surface area contributed by atoms with Crippen molar-refractivity contribution in [1.82, 2.24) is 0 Å². The Balaban J connectivity index is 1.91. The van der Waals surface area contributed by atoms with E-state index in [-0.39, 0.29) is 0 Å². The lowest BCUT2D eigenvalue weighted by Crippen LogP contribution is -2.32. The van der Waals surface area contributed by atoms with Crippen molar-refractivity contribution in [2.45, 2.75) is 49.9 Å². The Morgan fingerprint density at radius 3 is 2.48 bits per heavy atom. The molecule has 1 saturated carbocycles. The zero-order valence-electron chi connectivity index (χ0n) is 12.1. The maximum absolute atomic E-state index is 11.8. The molecule has 1 aromatic carbocycles. The van der Waals surface area contributed by atoms with Gasteiger partial charge in [-0.3, -0.25) is 4.79 Å². The summed E-state index contributed by atoms with van der Waals surface area (Å²) >= 11 is 5.74. The van der Waals surface area contributed by atoms with Gasteiger partial charge in [0.15, 0.2) is 0 Å². The van der Waals surface area contributed by atoms with Gasteiger partial charge in [-0.25, -0.2) is 0 Å². The van der Waals surface area contributed by atoms with Gasteiger partial charge in [0.2, 0.25) is 0 Å². The van der Waals surface area contributed by atoms with Gasteiger partial charge in [0, 0.05) is 4.47 Å². The van der Waals surface area contributed by atoms with Gasteiger partial charge in [0.25, 0.3) is 0 Å². The molecule has 0 aromatic heterocycles. The van der Waals surface area contributed by atoms with E-state index in [9.17, 15) is 9.90 Å². The first-order valence-corrected chi connectivity index (χ1v) is 9.69. The summed E-state index contributed by atoms with van der Waals surface area (Å²) in [5.74, 6) is 2.43. The summed E-state index contributed by atoms with van der Waals surface area (Å²) in [6.45, 7) is 0. The minimum Gasteiger partial charge on any atom is -0.481 e. The Labute approximate surface area is 138 Å². The van der Waals surface area contributed by atoms with Gasteiger partial charge in [0.05, 0.1) is 5.41 Å². The maximum atomic E-state index is 11.8. The quantitative estimate of drug-likeness (QED) is 0.819. The smallest absolute Gasteiger partial charge is 0.314 e. The normalized spacial score (nSPS) is 22.3. The summed E-state index contributed by atoms with van der Waals surface area (Å²) in [5.41, 5.74) is 1.69. The number of hydrogen-bond acceptors (Lipinski definition) is 2. The number of hydrogen-bond donors (Lipinski definition) is 1. The van der Waals surface area contributed by atoms with Crippen LogP contribution in [0.5, 0.6) is 0 Å². The molecule has 0 amide bonds. The molecule has 1 N–H and O–H groups in total. The average Bonchev–Trinajstić information content (AvgIpc) is 2.99. The standard InChI is InChI=1S/C17H21BrO2S/c18-15-11-13(17(16(19)20)7-1-2-8-17)3-4-14(15)12-5-9-21-10-6-12/h3-4,11-12H,1-2,5-10H2,(H,19,20). The van der Waals surface area contributed by atoms with Crippen molar-refractivity contribution in [3.05, 3.63) is 33.8 Å². The lowest BCUT2D eigenvalue weighted by atomic mass is 9.78. The molecule has 3 rings (SSSR count). The predicted molar refractivity (Wildman–Crippen MR) is 91.2 cm³/mol. The van der Waals surface area contributed by atoms with Crippen molar-refractivity contribution >= 4 is 33.7 Å². The number of carboxylic acids is 1. The molecule has 1 heterocycles. The fourth-order valence-electron chi connectivity index (χ4n) is 3.77. The Kier molecular flexibility index (Phi) is 4.65. The Bertz CT molecular complexity index is 532. The van der Waals surface area contributed by atoms with Crippen molar-refractivity contribution in [2.24, 2.45) is 0 Å². The third-order valence-electron chi connectivity index (χ3n) is 5.08. The minimum atomic E-state index is -0.659. The molecular weight excluding hydrogens is 348 g/mol. The number of aliphatic carboxylic acids is 1. The van der Waals surface area contributed by atoms with Crippen LogP contribution in [0, 0.1) is 0 Å². The van der Waals surface area contributed by atoms with Gasteiger partial charge in [-0.15, -0.1) is 0 Å². The number of carbonyl (C=O) groups is 1. The second-order valence-electron chi connectivity index (χ2n) is 6.22. The van der Waals surface area contributed by atoms with Crippen molar-refractivity contribution in [1.29, 1.82) is 0 Å². The largest absolute Gasteiger partial charge is 0.481 e. The average molecular weight is 369 g/mol. The van der Waals surface area contributed by atoms with Gasteiger partial charge in [-0.05, 0) is 60.3 Å². The number of halogens is 1. The number of carboxylic acid groups (broad SMARTS) is 1. The maximum Gasteiger partial charge on any atom is 0.314 e. The Hall–Kier alpha value is -0.480. The van der Waals surface area contributed by atoms with Crippen LogP contribution in [0.1, 0.15) is 55.6 Å². The zero-order chi connectivity index (χ0) is 14.9. The van der Waals surface area contributed by atoms with Crippen LogP contribution in [0.25, 0.3) is 0 Å². The highest BCUT2D eigenvalue weighted by atomic mass is 79.9. The van der Waals surface area contributed by atoms with Crippen LogP contribution in [-0.4, -0.2) is 22.6 Å². The third-order valence-corrected chi connectivity index (χ3v) is 6.82. The van der Waals surface area contributed by atoms with E-state index in [0.29, 0.717) is 5.92 Å².